The summed E-state index contributed by atoms with van der Waals surface area (Å²) in [4.78, 5) is 12.4. The molecule has 0 radical (unpaired) electrons. The Kier molecular flexibility index (Phi) is 18.1. The summed E-state index contributed by atoms with van der Waals surface area (Å²) in [5, 5.41) is 107. The van der Waals surface area contributed by atoms with Crippen LogP contribution < -0.4 is 10.1 Å². The highest BCUT2D eigenvalue weighted by molar-refractivity contribution is 5.90. The molecular weight excluding hydrogens is 726 g/mol. The van der Waals surface area contributed by atoms with Gasteiger partial charge in [0, 0.05) is 18.2 Å². The number of aliphatic hydroxyl groups is 10. The first kappa shape index (κ1) is 44.5. The minimum absolute atomic E-state index is 0.0873. The Balaban J connectivity index is 1.39. The third-order valence-corrected chi connectivity index (χ3v) is 9.43. The van der Waals surface area contributed by atoms with Gasteiger partial charge in [0.2, 0.25) is 12.2 Å². The van der Waals surface area contributed by atoms with Crippen molar-refractivity contribution in [3.05, 3.63) is 24.3 Å². The first-order chi connectivity index (χ1) is 25.9. The molecule has 54 heavy (non-hydrogen) atoms. The molecule has 0 bridgehead atoms. The monoisotopic (exact) mass is 781 g/mol. The van der Waals surface area contributed by atoms with Crippen molar-refractivity contribution in [2.45, 2.75) is 106 Å². The van der Waals surface area contributed by atoms with E-state index in [1.807, 2.05) is 6.92 Å². The molecule has 1 amide bonds. The molecule has 6 unspecified atom stereocenters. The minimum atomic E-state index is -1.76. The first-order valence-electron chi connectivity index (χ1n) is 17.9. The number of rotatable bonds is 20. The zero-order valence-electron chi connectivity index (χ0n) is 29.9. The van der Waals surface area contributed by atoms with Crippen molar-refractivity contribution < 1.29 is 93.8 Å². The van der Waals surface area contributed by atoms with Crippen molar-refractivity contribution >= 4 is 11.6 Å². The molecule has 3 saturated heterocycles. The van der Waals surface area contributed by atoms with Gasteiger partial charge >= 0.3 is 0 Å². The van der Waals surface area contributed by atoms with E-state index < -0.39 is 112 Å². The van der Waals surface area contributed by atoms with Gasteiger partial charge in [0.05, 0.1) is 71.5 Å². The topological polar surface area (TPSA) is 305 Å². The zero-order chi connectivity index (χ0) is 39.4. The summed E-state index contributed by atoms with van der Waals surface area (Å²) in [6.07, 6.45) is -21.8. The maximum Gasteiger partial charge on any atom is 0.226 e. The molecule has 0 aromatic heterocycles. The van der Waals surface area contributed by atoms with E-state index in [0.29, 0.717) is 38.7 Å². The number of anilines is 1. The van der Waals surface area contributed by atoms with Crippen LogP contribution in [-0.2, 0) is 38.0 Å². The van der Waals surface area contributed by atoms with E-state index in [4.69, 9.17) is 37.9 Å². The molecule has 3 heterocycles. The molecule has 3 aliphatic heterocycles. The second-order valence-corrected chi connectivity index (χ2v) is 13.2. The summed E-state index contributed by atoms with van der Waals surface area (Å²) in [6, 6.07) is 6.04. The SMILES string of the molecule is CCOCCOCCOCCC(=O)Nc1ccc(O[C@H]2OC(CO[C@H]3OC(CO)[C@@H](O)[C@H](O)C3O)[C@@H](O)[C@H](C[C@H]3OC(CO)[C@@H](O)[C@H](O)C3O)C2O)cc1. The number of aliphatic hydroxyl groups excluding tert-OH is 10. The Morgan fingerprint density at radius 2 is 1.19 bits per heavy atom. The van der Waals surface area contributed by atoms with Gasteiger partial charge < -0.3 is 94.3 Å². The van der Waals surface area contributed by atoms with Crippen LogP contribution in [-0.4, -0.2) is 202 Å². The van der Waals surface area contributed by atoms with Crippen LogP contribution in [0.1, 0.15) is 19.8 Å². The van der Waals surface area contributed by atoms with Gasteiger partial charge in [-0.15, -0.1) is 0 Å². The molecule has 0 aliphatic carbocycles. The molecule has 3 fully saturated rings. The van der Waals surface area contributed by atoms with Crippen LogP contribution in [0.5, 0.6) is 5.75 Å². The van der Waals surface area contributed by atoms with Gasteiger partial charge in [0.1, 0.15) is 66.8 Å². The molecule has 3 aliphatic rings. The molecule has 20 heteroatoms. The maximum atomic E-state index is 12.4. The highest BCUT2D eigenvalue weighted by atomic mass is 16.7. The Hall–Kier alpha value is -2.19. The van der Waals surface area contributed by atoms with Crippen LogP contribution in [0.4, 0.5) is 5.69 Å². The van der Waals surface area contributed by atoms with Crippen LogP contribution in [0.3, 0.4) is 0 Å². The summed E-state index contributed by atoms with van der Waals surface area (Å²) in [5.41, 5.74) is 0.429. The Labute approximate surface area is 311 Å². The quantitative estimate of drug-likeness (QED) is 0.0556. The number of nitrogens with one attached hydrogen (secondary N) is 1. The smallest absolute Gasteiger partial charge is 0.226 e. The van der Waals surface area contributed by atoms with Crippen LogP contribution in [0, 0.1) is 5.92 Å². The molecule has 15 atom stereocenters. The standard InChI is InChI=1S/C34H55NO19/c1-2-47-9-10-49-12-11-48-8-7-24(38)35-17-3-5-18(6-4-17)51-34-26(40)19(13-20-27(41)30(44)28(42)21(14-36)52-20)25(39)23(54-34)16-50-33-32(46)31(45)29(43)22(15-37)53-33/h3-6,19-23,25-34,36-37,39-46H,2,7-16H2,1H3,(H,35,38)/t19-,20+,21?,22?,23?,25-,26?,27?,28+,29+,30+,31-,32?,33-,34-/m0/s1. The molecular formula is C34H55NO19. The number of ether oxygens (including phenoxy) is 8. The molecule has 310 valence electrons. The molecule has 1 aromatic carbocycles. The number of benzene rings is 1. The summed E-state index contributed by atoms with van der Waals surface area (Å²) >= 11 is 0. The van der Waals surface area contributed by atoms with Crippen LogP contribution in [0.25, 0.3) is 0 Å². The van der Waals surface area contributed by atoms with Gasteiger partial charge in [-0.1, -0.05) is 0 Å². The van der Waals surface area contributed by atoms with Crippen molar-refractivity contribution in [2.24, 2.45) is 5.92 Å². The van der Waals surface area contributed by atoms with Gasteiger partial charge in [-0.05, 0) is 37.6 Å². The molecule has 0 spiro atoms. The van der Waals surface area contributed by atoms with E-state index in [-0.39, 0.29) is 31.1 Å². The Morgan fingerprint density at radius 3 is 1.81 bits per heavy atom. The molecule has 0 saturated carbocycles. The predicted molar refractivity (Wildman–Crippen MR) is 181 cm³/mol. The van der Waals surface area contributed by atoms with Gasteiger partial charge in [0.25, 0.3) is 0 Å². The maximum absolute atomic E-state index is 12.4. The summed E-state index contributed by atoms with van der Waals surface area (Å²) < 4.78 is 44.4. The van der Waals surface area contributed by atoms with Gasteiger partial charge in [0.15, 0.2) is 6.29 Å². The number of hydrogen-bond acceptors (Lipinski definition) is 19. The lowest BCUT2D eigenvalue weighted by Crippen LogP contribution is -2.63. The van der Waals surface area contributed by atoms with E-state index >= 15 is 0 Å². The average Bonchev–Trinajstić information content (AvgIpc) is 3.16. The average molecular weight is 782 g/mol. The summed E-state index contributed by atoms with van der Waals surface area (Å²) in [5.74, 6) is -1.35. The van der Waals surface area contributed by atoms with Crippen LogP contribution in [0.2, 0.25) is 0 Å². The number of amides is 1. The van der Waals surface area contributed by atoms with E-state index in [1.165, 1.54) is 24.3 Å². The molecule has 4 rings (SSSR count). The van der Waals surface area contributed by atoms with Gasteiger partial charge in [-0.2, -0.15) is 0 Å². The van der Waals surface area contributed by atoms with E-state index in [0.717, 1.165) is 0 Å². The lowest BCUT2D eigenvalue weighted by molar-refractivity contribution is -0.322. The van der Waals surface area contributed by atoms with Crippen molar-refractivity contribution in [3.8, 4) is 5.75 Å². The Morgan fingerprint density at radius 1 is 0.630 bits per heavy atom. The number of carbonyl (C=O) groups is 1. The lowest BCUT2D eigenvalue weighted by Gasteiger charge is -2.46. The molecule has 11 N–H and O–H groups in total. The van der Waals surface area contributed by atoms with Crippen molar-refractivity contribution in [1.29, 1.82) is 0 Å². The van der Waals surface area contributed by atoms with Crippen LogP contribution in [0.15, 0.2) is 24.3 Å². The normalized spacial score (nSPS) is 37.2. The highest BCUT2D eigenvalue weighted by Gasteiger charge is 2.51. The third-order valence-electron chi connectivity index (χ3n) is 9.43. The van der Waals surface area contributed by atoms with E-state index in [9.17, 15) is 55.9 Å². The second-order valence-electron chi connectivity index (χ2n) is 13.2. The zero-order valence-corrected chi connectivity index (χ0v) is 29.9. The van der Waals surface area contributed by atoms with Crippen LogP contribution >= 0.6 is 0 Å². The van der Waals surface area contributed by atoms with E-state index in [1.54, 1.807) is 0 Å². The van der Waals surface area contributed by atoms with Gasteiger partial charge in [-0.3, -0.25) is 4.79 Å². The first-order valence-corrected chi connectivity index (χ1v) is 17.9. The van der Waals surface area contributed by atoms with E-state index in [2.05, 4.69) is 5.32 Å². The van der Waals surface area contributed by atoms with Gasteiger partial charge in [-0.25, -0.2) is 0 Å². The lowest BCUT2D eigenvalue weighted by atomic mass is 9.81. The number of hydrogen-bond donors (Lipinski definition) is 11. The van der Waals surface area contributed by atoms with Crippen molar-refractivity contribution in [3.63, 3.8) is 0 Å². The predicted octanol–water partition coefficient (Wildman–Crippen LogP) is -4.42. The molecule has 1 aromatic rings. The largest absolute Gasteiger partial charge is 0.462 e. The fourth-order valence-electron chi connectivity index (χ4n) is 6.29. The number of carbonyl (C=O) groups excluding carboxylic acids is 1. The Bertz CT molecular complexity index is 1230. The van der Waals surface area contributed by atoms with Crippen molar-refractivity contribution in [1.82, 2.24) is 0 Å². The minimum Gasteiger partial charge on any atom is -0.462 e. The van der Waals surface area contributed by atoms with Crippen molar-refractivity contribution in [2.75, 3.05) is 64.8 Å². The summed E-state index contributed by atoms with van der Waals surface area (Å²) in [6.45, 7) is 2.37. The summed E-state index contributed by atoms with van der Waals surface area (Å²) in [7, 11) is 0. The molecule has 20 nitrogen and oxygen atoms in total. The highest BCUT2D eigenvalue weighted by Crippen LogP contribution is 2.35. The fourth-order valence-corrected chi connectivity index (χ4v) is 6.29. The second kappa shape index (κ2) is 21.9. The fraction of sp³-hybridized carbons (Fsp3) is 0.794. The third kappa shape index (κ3) is 11.9.